The normalized spacial score (nSPS) is 10.5. The van der Waals surface area contributed by atoms with Gasteiger partial charge in [-0.25, -0.2) is 9.67 Å². The van der Waals surface area contributed by atoms with Gasteiger partial charge in [-0.2, -0.15) is 5.10 Å². The molecule has 19 heavy (non-hydrogen) atoms. The van der Waals surface area contributed by atoms with Gasteiger partial charge in [-0.15, -0.1) is 0 Å². The number of aryl methyl sites for hydroxylation is 2. The molecule has 0 aliphatic heterocycles. The summed E-state index contributed by atoms with van der Waals surface area (Å²) in [6.07, 6.45) is 2.54. The monoisotopic (exact) mass is 280 g/mol. The molecule has 0 saturated heterocycles. The van der Waals surface area contributed by atoms with Gasteiger partial charge in [0.05, 0.1) is 18.4 Å². The van der Waals surface area contributed by atoms with Crippen molar-refractivity contribution in [3.8, 4) is 5.88 Å². The van der Waals surface area contributed by atoms with Gasteiger partial charge in [0, 0.05) is 25.5 Å². The molecule has 6 heteroatoms. The van der Waals surface area contributed by atoms with E-state index in [0.29, 0.717) is 11.7 Å². The Balaban J connectivity index is 2.19. The van der Waals surface area contributed by atoms with Gasteiger partial charge in [-0.05, 0) is 18.6 Å². The van der Waals surface area contributed by atoms with Crippen LogP contribution in [0.15, 0.2) is 18.3 Å². The van der Waals surface area contributed by atoms with Crippen molar-refractivity contribution in [1.82, 2.24) is 14.8 Å². The number of halogens is 1. The molecule has 102 valence electrons. The second-order valence-corrected chi connectivity index (χ2v) is 4.52. The first kappa shape index (κ1) is 13.7. The Hall–Kier alpha value is -1.75. The standard InChI is InChI=1S/C13H17ClN4O/c1-4-11-10(13(19-3)18(2)17-11)8-16-9-5-6-15-12(14)7-9/h5-7H,4,8H2,1-3H3,(H,15,16). The van der Waals surface area contributed by atoms with Crippen molar-refractivity contribution in [3.05, 3.63) is 34.7 Å². The summed E-state index contributed by atoms with van der Waals surface area (Å²) in [6, 6.07) is 3.66. The first-order chi connectivity index (χ1) is 9.15. The van der Waals surface area contributed by atoms with Crippen LogP contribution >= 0.6 is 11.6 Å². The summed E-state index contributed by atoms with van der Waals surface area (Å²) in [7, 11) is 3.54. The van der Waals surface area contributed by atoms with E-state index in [4.69, 9.17) is 16.3 Å². The van der Waals surface area contributed by atoms with Crippen molar-refractivity contribution in [2.45, 2.75) is 19.9 Å². The van der Waals surface area contributed by atoms with Crippen LogP contribution in [-0.2, 0) is 20.0 Å². The number of anilines is 1. The highest BCUT2D eigenvalue weighted by Crippen LogP contribution is 2.23. The molecule has 0 saturated carbocycles. The van der Waals surface area contributed by atoms with Crippen LogP contribution in [0, 0.1) is 0 Å². The molecule has 0 spiro atoms. The second-order valence-electron chi connectivity index (χ2n) is 4.13. The average Bonchev–Trinajstić information content (AvgIpc) is 2.71. The molecule has 2 aromatic rings. The van der Waals surface area contributed by atoms with E-state index >= 15 is 0 Å². The Morgan fingerprint density at radius 1 is 1.47 bits per heavy atom. The minimum Gasteiger partial charge on any atom is -0.481 e. The molecule has 0 aliphatic rings. The number of ether oxygens (including phenoxy) is 1. The predicted molar refractivity (Wildman–Crippen MR) is 75.7 cm³/mol. The third-order valence-corrected chi connectivity index (χ3v) is 3.10. The van der Waals surface area contributed by atoms with Crippen molar-refractivity contribution in [2.75, 3.05) is 12.4 Å². The lowest BCUT2D eigenvalue weighted by molar-refractivity contribution is 0.370. The Morgan fingerprint density at radius 3 is 2.89 bits per heavy atom. The zero-order valence-corrected chi connectivity index (χ0v) is 12.0. The van der Waals surface area contributed by atoms with Crippen molar-refractivity contribution in [3.63, 3.8) is 0 Å². The van der Waals surface area contributed by atoms with Crippen LogP contribution in [0.25, 0.3) is 0 Å². The third kappa shape index (κ3) is 2.98. The van der Waals surface area contributed by atoms with Crippen LogP contribution in [0.2, 0.25) is 5.15 Å². The van der Waals surface area contributed by atoms with Crippen molar-refractivity contribution < 1.29 is 4.74 Å². The largest absolute Gasteiger partial charge is 0.481 e. The van der Waals surface area contributed by atoms with Gasteiger partial charge >= 0.3 is 0 Å². The zero-order valence-electron chi connectivity index (χ0n) is 11.3. The van der Waals surface area contributed by atoms with E-state index in [0.717, 1.165) is 29.2 Å². The smallest absolute Gasteiger partial charge is 0.216 e. The lowest BCUT2D eigenvalue weighted by Crippen LogP contribution is -2.03. The van der Waals surface area contributed by atoms with Gasteiger partial charge in [0.1, 0.15) is 5.15 Å². The lowest BCUT2D eigenvalue weighted by Gasteiger charge is -2.08. The number of hydrogen-bond donors (Lipinski definition) is 1. The molecule has 2 rings (SSSR count). The SMILES string of the molecule is CCc1nn(C)c(OC)c1CNc1ccnc(Cl)c1. The minimum atomic E-state index is 0.471. The van der Waals surface area contributed by atoms with Gasteiger partial charge in [0.15, 0.2) is 0 Å². The number of nitrogens with one attached hydrogen (secondary N) is 1. The number of aromatic nitrogens is 3. The molecule has 0 radical (unpaired) electrons. The van der Waals surface area contributed by atoms with E-state index < -0.39 is 0 Å². The topological polar surface area (TPSA) is 52.0 Å². The maximum absolute atomic E-state index is 5.86. The van der Waals surface area contributed by atoms with Crippen LogP contribution in [0.4, 0.5) is 5.69 Å². The molecule has 0 aromatic carbocycles. The molecule has 0 fully saturated rings. The molecule has 2 aromatic heterocycles. The maximum Gasteiger partial charge on any atom is 0.216 e. The summed E-state index contributed by atoms with van der Waals surface area (Å²) in [4.78, 5) is 3.95. The zero-order chi connectivity index (χ0) is 13.8. The summed E-state index contributed by atoms with van der Waals surface area (Å²) < 4.78 is 7.15. The van der Waals surface area contributed by atoms with E-state index in [9.17, 15) is 0 Å². The number of hydrogen-bond acceptors (Lipinski definition) is 4. The van der Waals surface area contributed by atoms with Crippen molar-refractivity contribution >= 4 is 17.3 Å². The second kappa shape index (κ2) is 5.93. The van der Waals surface area contributed by atoms with E-state index in [1.54, 1.807) is 24.1 Å². The molecular weight excluding hydrogens is 264 g/mol. The maximum atomic E-state index is 5.86. The third-order valence-electron chi connectivity index (χ3n) is 2.90. The fourth-order valence-corrected chi connectivity index (χ4v) is 2.20. The molecule has 0 amide bonds. The minimum absolute atomic E-state index is 0.471. The number of nitrogens with zero attached hydrogens (tertiary/aromatic N) is 3. The van der Waals surface area contributed by atoms with E-state index in [1.807, 2.05) is 13.1 Å². The summed E-state index contributed by atoms with van der Waals surface area (Å²) in [6.45, 7) is 2.72. The first-order valence-electron chi connectivity index (χ1n) is 6.09. The lowest BCUT2D eigenvalue weighted by atomic mass is 10.2. The number of rotatable bonds is 5. The number of pyridine rings is 1. The fourth-order valence-electron chi connectivity index (χ4n) is 2.03. The molecule has 0 atom stereocenters. The Bertz CT molecular complexity index is 568. The summed E-state index contributed by atoms with van der Waals surface area (Å²) >= 11 is 5.86. The van der Waals surface area contributed by atoms with Crippen LogP contribution in [-0.4, -0.2) is 21.9 Å². The highest BCUT2D eigenvalue weighted by molar-refractivity contribution is 6.29. The van der Waals surface area contributed by atoms with E-state index in [2.05, 4.69) is 22.3 Å². The van der Waals surface area contributed by atoms with Gasteiger partial charge in [0.25, 0.3) is 0 Å². The Kier molecular flexibility index (Phi) is 4.27. The fraction of sp³-hybridized carbons (Fsp3) is 0.385. The molecule has 5 nitrogen and oxygen atoms in total. The van der Waals surface area contributed by atoms with Gasteiger partial charge < -0.3 is 10.1 Å². The quantitative estimate of drug-likeness (QED) is 0.856. The summed E-state index contributed by atoms with van der Waals surface area (Å²) in [5, 5.41) is 8.22. The highest BCUT2D eigenvalue weighted by Gasteiger charge is 2.15. The van der Waals surface area contributed by atoms with Crippen molar-refractivity contribution in [1.29, 1.82) is 0 Å². The predicted octanol–water partition coefficient (Wildman–Crippen LogP) is 2.65. The van der Waals surface area contributed by atoms with Gasteiger partial charge in [-0.3, -0.25) is 0 Å². The first-order valence-corrected chi connectivity index (χ1v) is 6.47. The van der Waals surface area contributed by atoms with Crippen LogP contribution in [0.5, 0.6) is 5.88 Å². The highest BCUT2D eigenvalue weighted by atomic mass is 35.5. The Labute approximate surface area is 117 Å². The van der Waals surface area contributed by atoms with Crippen LogP contribution in [0.1, 0.15) is 18.2 Å². The average molecular weight is 281 g/mol. The van der Waals surface area contributed by atoms with Gasteiger partial charge in [-0.1, -0.05) is 18.5 Å². The molecular formula is C13H17ClN4O. The Morgan fingerprint density at radius 2 is 2.26 bits per heavy atom. The molecule has 0 bridgehead atoms. The van der Waals surface area contributed by atoms with Crippen LogP contribution < -0.4 is 10.1 Å². The molecule has 0 unspecified atom stereocenters. The summed E-state index contributed by atoms with van der Waals surface area (Å²) in [5.74, 6) is 0.782. The van der Waals surface area contributed by atoms with E-state index in [-0.39, 0.29) is 0 Å². The van der Waals surface area contributed by atoms with E-state index in [1.165, 1.54) is 0 Å². The summed E-state index contributed by atoms with van der Waals surface area (Å²) in [5.41, 5.74) is 3.03. The van der Waals surface area contributed by atoms with Gasteiger partial charge in [0.2, 0.25) is 5.88 Å². The number of methoxy groups -OCH3 is 1. The molecule has 2 heterocycles. The van der Waals surface area contributed by atoms with Crippen molar-refractivity contribution in [2.24, 2.45) is 7.05 Å². The molecule has 1 N–H and O–H groups in total. The van der Waals surface area contributed by atoms with Crippen LogP contribution in [0.3, 0.4) is 0 Å². The molecule has 0 aliphatic carbocycles.